The molecule has 0 aromatic heterocycles. The van der Waals surface area contributed by atoms with E-state index in [4.69, 9.17) is 0 Å². The van der Waals surface area contributed by atoms with Crippen LogP contribution in [-0.2, 0) is 0 Å². The minimum Gasteiger partial charge on any atom is -0.258 e. The minimum absolute atomic E-state index is 1.05. The SMILES string of the molecule is FC(F)(F)CNS. The van der Waals surface area contributed by atoms with Crippen molar-refractivity contribution >= 4 is 12.8 Å². The Labute approximate surface area is 44.4 Å². The Kier molecular flexibility index (Phi) is 2.45. The molecule has 0 heterocycles. The Balaban J connectivity index is 3.15. The Morgan fingerprint density at radius 2 is 1.86 bits per heavy atom. The first kappa shape index (κ1) is 7.10. The molecule has 1 nitrogen and oxygen atoms in total. The fourth-order valence-electron chi connectivity index (χ4n) is 0.0896. The highest BCUT2D eigenvalue weighted by Gasteiger charge is 2.25. The summed E-state index contributed by atoms with van der Waals surface area (Å²) >= 11 is 3.14. The molecule has 0 unspecified atom stereocenters. The lowest BCUT2D eigenvalue weighted by Crippen LogP contribution is -2.21. The maximum absolute atomic E-state index is 10.9. The van der Waals surface area contributed by atoms with Crippen LogP contribution in [-0.4, -0.2) is 12.7 Å². The molecule has 0 spiro atoms. The van der Waals surface area contributed by atoms with Gasteiger partial charge in [-0.05, 0) is 0 Å². The predicted molar refractivity (Wildman–Crippen MR) is 23.0 cm³/mol. The van der Waals surface area contributed by atoms with Gasteiger partial charge in [-0.1, -0.05) is 12.8 Å². The van der Waals surface area contributed by atoms with Crippen LogP contribution in [0.5, 0.6) is 0 Å². The number of hydrogen-bond acceptors (Lipinski definition) is 2. The number of alkyl halides is 3. The van der Waals surface area contributed by atoms with Crippen LogP contribution in [0.15, 0.2) is 0 Å². The fraction of sp³-hybridized carbons (Fsp3) is 1.00. The maximum Gasteiger partial charge on any atom is 0.401 e. The summed E-state index contributed by atoms with van der Waals surface area (Å²) in [5.74, 6) is 0. The van der Waals surface area contributed by atoms with Crippen molar-refractivity contribution in [3.63, 3.8) is 0 Å². The highest BCUT2D eigenvalue weighted by atomic mass is 32.1. The van der Waals surface area contributed by atoms with Crippen molar-refractivity contribution in [1.29, 1.82) is 0 Å². The molecule has 0 amide bonds. The molecule has 5 heteroatoms. The van der Waals surface area contributed by atoms with E-state index in [2.05, 4.69) is 12.8 Å². The fourth-order valence-corrected chi connectivity index (χ4v) is 0.269. The third-order valence-electron chi connectivity index (χ3n) is 0.280. The van der Waals surface area contributed by atoms with Crippen molar-refractivity contribution < 1.29 is 13.2 Å². The van der Waals surface area contributed by atoms with E-state index in [9.17, 15) is 13.2 Å². The van der Waals surface area contributed by atoms with Crippen LogP contribution in [0.3, 0.4) is 0 Å². The van der Waals surface area contributed by atoms with E-state index in [1.165, 1.54) is 0 Å². The molecule has 0 rings (SSSR count). The quantitative estimate of drug-likeness (QED) is 0.505. The number of nitrogens with one attached hydrogen (secondary N) is 1. The van der Waals surface area contributed by atoms with Gasteiger partial charge in [-0.2, -0.15) is 13.2 Å². The summed E-state index contributed by atoms with van der Waals surface area (Å²) in [5.41, 5.74) is 0. The molecule has 0 aliphatic heterocycles. The molecule has 0 aromatic rings. The second kappa shape index (κ2) is 2.42. The van der Waals surface area contributed by atoms with Crippen LogP contribution in [0.1, 0.15) is 0 Å². The number of halogens is 3. The number of thiol groups is 1. The van der Waals surface area contributed by atoms with E-state index >= 15 is 0 Å². The van der Waals surface area contributed by atoms with Crippen molar-refractivity contribution in [3.05, 3.63) is 0 Å². The number of rotatable bonds is 1. The summed E-state index contributed by atoms with van der Waals surface area (Å²) in [5, 5.41) is 0. The van der Waals surface area contributed by atoms with Gasteiger partial charge >= 0.3 is 6.18 Å². The van der Waals surface area contributed by atoms with Gasteiger partial charge in [0.05, 0.1) is 0 Å². The van der Waals surface area contributed by atoms with Crippen molar-refractivity contribution in [2.75, 3.05) is 6.54 Å². The average Bonchev–Trinajstić information content (AvgIpc) is 1.30. The van der Waals surface area contributed by atoms with Crippen molar-refractivity contribution in [3.8, 4) is 0 Å². The molecule has 7 heavy (non-hydrogen) atoms. The molecular weight excluding hydrogens is 127 g/mol. The van der Waals surface area contributed by atoms with E-state index in [1.54, 1.807) is 4.72 Å². The van der Waals surface area contributed by atoms with Crippen LogP contribution in [0, 0.1) is 0 Å². The molecule has 0 radical (unpaired) electrons. The van der Waals surface area contributed by atoms with Gasteiger partial charge < -0.3 is 0 Å². The van der Waals surface area contributed by atoms with E-state index in [0.717, 1.165) is 0 Å². The third kappa shape index (κ3) is 6.10. The minimum atomic E-state index is -4.14. The highest BCUT2D eigenvalue weighted by Crippen LogP contribution is 2.11. The molecule has 0 saturated carbocycles. The lowest BCUT2D eigenvalue weighted by atomic mass is 10.7. The van der Waals surface area contributed by atoms with Crippen molar-refractivity contribution in [2.24, 2.45) is 0 Å². The molecular formula is C2H4F3NS. The van der Waals surface area contributed by atoms with Gasteiger partial charge in [0.1, 0.15) is 6.54 Å². The van der Waals surface area contributed by atoms with Crippen molar-refractivity contribution in [2.45, 2.75) is 6.18 Å². The summed E-state index contributed by atoms with van der Waals surface area (Å²) in [4.78, 5) is 0. The molecule has 0 atom stereocenters. The largest absolute Gasteiger partial charge is 0.401 e. The smallest absolute Gasteiger partial charge is 0.258 e. The Hall–Kier alpha value is 0.100. The van der Waals surface area contributed by atoms with Gasteiger partial charge in [-0.3, -0.25) is 4.72 Å². The van der Waals surface area contributed by atoms with Crippen LogP contribution < -0.4 is 4.72 Å². The predicted octanol–water partition coefficient (Wildman–Crippen LogP) is 0.983. The summed E-state index contributed by atoms with van der Waals surface area (Å²) in [6, 6.07) is 0. The summed E-state index contributed by atoms with van der Waals surface area (Å²) in [6.45, 7) is -1.05. The molecule has 0 aromatic carbocycles. The second-order valence-corrected chi connectivity index (χ2v) is 1.27. The first-order valence-electron chi connectivity index (χ1n) is 1.50. The Bertz CT molecular complexity index is 51.4. The standard InChI is InChI=1S/C2H4F3NS/c3-2(4,5)1-6-7/h6-7H,1H2. The van der Waals surface area contributed by atoms with Gasteiger partial charge in [0, 0.05) is 0 Å². The third-order valence-corrected chi connectivity index (χ3v) is 0.438. The van der Waals surface area contributed by atoms with Gasteiger partial charge in [0.25, 0.3) is 0 Å². The van der Waals surface area contributed by atoms with Crippen LogP contribution in [0.25, 0.3) is 0 Å². The summed E-state index contributed by atoms with van der Waals surface area (Å²) in [6.07, 6.45) is -4.14. The van der Waals surface area contributed by atoms with Gasteiger partial charge in [0.2, 0.25) is 0 Å². The molecule has 0 aliphatic carbocycles. The van der Waals surface area contributed by atoms with Gasteiger partial charge in [0.15, 0.2) is 0 Å². The normalized spacial score (nSPS) is 12.0. The molecule has 0 fully saturated rings. The Morgan fingerprint density at radius 1 is 1.43 bits per heavy atom. The maximum atomic E-state index is 10.9. The van der Waals surface area contributed by atoms with Gasteiger partial charge in [-0.15, -0.1) is 0 Å². The van der Waals surface area contributed by atoms with E-state index in [1.807, 2.05) is 0 Å². The highest BCUT2D eigenvalue weighted by molar-refractivity contribution is 7.78. The second-order valence-electron chi connectivity index (χ2n) is 0.950. The van der Waals surface area contributed by atoms with E-state index in [0.29, 0.717) is 0 Å². The Morgan fingerprint density at radius 3 is 1.86 bits per heavy atom. The topological polar surface area (TPSA) is 12.0 Å². The molecule has 0 saturated heterocycles. The van der Waals surface area contributed by atoms with Crippen LogP contribution in [0.2, 0.25) is 0 Å². The van der Waals surface area contributed by atoms with Gasteiger partial charge in [-0.25, -0.2) is 0 Å². The van der Waals surface area contributed by atoms with E-state index in [-0.39, 0.29) is 0 Å². The molecule has 1 N–H and O–H groups in total. The average molecular weight is 131 g/mol. The summed E-state index contributed by atoms with van der Waals surface area (Å²) in [7, 11) is 0. The van der Waals surface area contributed by atoms with Crippen LogP contribution in [0.4, 0.5) is 13.2 Å². The van der Waals surface area contributed by atoms with E-state index < -0.39 is 12.7 Å². The molecule has 0 aliphatic rings. The lowest BCUT2D eigenvalue weighted by molar-refractivity contribution is -0.120. The zero-order valence-electron chi connectivity index (χ0n) is 3.29. The number of hydrogen-bond donors (Lipinski definition) is 2. The first-order chi connectivity index (χ1) is 3.06. The monoisotopic (exact) mass is 131 g/mol. The molecule has 44 valence electrons. The zero-order valence-corrected chi connectivity index (χ0v) is 4.18. The zero-order chi connectivity index (χ0) is 5.91. The van der Waals surface area contributed by atoms with Crippen molar-refractivity contribution in [1.82, 2.24) is 4.72 Å². The summed E-state index contributed by atoms with van der Waals surface area (Å²) < 4.78 is 34.5. The lowest BCUT2D eigenvalue weighted by Gasteiger charge is -2.00. The van der Waals surface area contributed by atoms with Crippen LogP contribution >= 0.6 is 12.8 Å². The first-order valence-corrected chi connectivity index (χ1v) is 1.94. The molecule has 0 bridgehead atoms.